The van der Waals surface area contributed by atoms with Gasteiger partial charge in [-0.1, -0.05) is 24.3 Å². The van der Waals surface area contributed by atoms with E-state index in [-0.39, 0.29) is 30.2 Å². The molecule has 44 heavy (non-hydrogen) atoms. The van der Waals surface area contributed by atoms with E-state index in [1.165, 1.54) is 40.9 Å². The number of benzene rings is 3. The highest BCUT2D eigenvalue weighted by Crippen LogP contribution is 2.40. The molecule has 9 nitrogen and oxygen atoms in total. The molecule has 0 saturated carbocycles. The standard InChI is InChI=1S/C33H38FN3O6S/c1-19-9-12-23(34)16-22(19)17-35-31(41)29-33(3,4)44-18-37(29)32(42)28(39)26(15-21-10-13-24(43-5)14-11-21)36-30(40)25-7-6-8-27(38)20(25)2/h6-14,16,26,28-29,38-39H,15,17-18H2,1-5H3,(H,35,41)(H,36,40)/t26-,28-,29+/m0/s1. The minimum Gasteiger partial charge on any atom is -0.508 e. The molecule has 1 heterocycles. The minimum absolute atomic E-state index is 0.0559. The number of thioether (sulfide) groups is 1. The molecule has 0 aromatic heterocycles. The van der Waals surface area contributed by atoms with E-state index in [1.807, 2.05) is 20.8 Å². The van der Waals surface area contributed by atoms with Crippen molar-refractivity contribution in [2.24, 2.45) is 0 Å². The van der Waals surface area contributed by atoms with E-state index in [0.29, 0.717) is 16.9 Å². The molecule has 0 unspecified atom stereocenters. The van der Waals surface area contributed by atoms with Crippen molar-refractivity contribution in [3.05, 3.63) is 94.3 Å². The number of aliphatic hydroxyl groups is 1. The van der Waals surface area contributed by atoms with E-state index >= 15 is 0 Å². The highest BCUT2D eigenvalue weighted by atomic mass is 32.2. The van der Waals surface area contributed by atoms with Gasteiger partial charge in [0, 0.05) is 22.4 Å². The summed E-state index contributed by atoms with van der Waals surface area (Å²) in [5.41, 5.74) is 2.72. The van der Waals surface area contributed by atoms with Crippen molar-refractivity contribution < 1.29 is 33.7 Å². The van der Waals surface area contributed by atoms with Crippen LogP contribution in [0.3, 0.4) is 0 Å². The fraction of sp³-hybridized carbons (Fsp3) is 0.364. The average Bonchev–Trinajstić information content (AvgIpc) is 3.32. The lowest BCUT2D eigenvalue weighted by Crippen LogP contribution is -2.58. The van der Waals surface area contributed by atoms with Crippen LogP contribution in [0.2, 0.25) is 0 Å². The average molecular weight is 624 g/mol. The van der Waals surface area contributed by atoms with Gasteiger partial charge >= 0.3 is 0 Å². The van der Waals surface area contributed by atoms with Gasteiger partial charge in [-0.05, 0) is 87.2 Å². The van der Waals surface area contributed by atoms with Crippen molar-refractivity contribution in [1.82, 2.24) is 15.5 Å². The topological polar surface area (TPSA) is 128 Å². The Bertz CT molecular complexity index is 1530. The van der Waals surface area contributed by atoms with Crippen molar-refractivity contribution >= 4 is 29.5 Å². The number of halogens is 1. The van der Waals surface area contributed by atoms with Gasteiger partial charge in [0.05, 0.1) is 19.0 Å². The summed E-state index contributed by atoms with van der Waals surface area (Å²) in [6, 6.07) is 13.9. The zero-order chi connectivity index (χ0) is 32.2. The molecular weight excluding hydrogens is 585 g/mol. The fourth-order valence-corrected chi connectivity index (χ4v) is 6.38. The lowest BCUT2D eigenvalue weighted by Gasteiger charge is -2.33. The number of nitrogens with zero attached hydrogens (tertiary/aromatic N) is 1. The third kappa shape index (κ3) is 7.34. The van der Waals surface area contributed by atoms with E-state index in [2.05, 4.69) is 10.6 Å². The molecule has 3 amide bonds. The summed E-state index contributed by atoms with van der Waals surface area (Å²) < 4.78 is 18.4. The summed E-state index contributed by atoms with van der Waals surface area (Å²) in [5.74, 6) is -1.41. The van der Waals surface area contributed by atoms with E-state index in [4.69, 9.17) is 4.74 Å². The number of nitrogens with one attached hydrogen (secondary N) is 2. The number of phenols is 1. The molecule has 1 aliphatic heterocycles. The molecule has 0 aliphatic carbocycles. The third-order valence-corrected chi connectivity index (χ3v) is 9.33. The van der Waals surface area contributed by atoms with Crippen LogP contribution in [0.4, 0.5) is 4.39 Å². The molecule has 1 saturated heterocycles. The Labute approximate surface area is 260 Å². The fourth-order valence-electron chi connectivity index (χ4n) is 5.24. The molecule has 3 aromatic rings. The summed E-state index contributed by atoms with van der Waals surface area (Å²) in [4.78, 5) is 42.1. The first-order valence-corrected chi connectivity index (χ1v) is 15.2. The van der Waals surface area contributed by atoms with Crippen LogP contribution in [-0.4, -0.2) is 68.8 Å². The number of aromatic hydroxyl groups is 1. The first kappa shape index (κ1) is 32.8. The van der Waals surface area contributed by atoms with Gasteiger partial charge in [-0.25, -0.2) is 4.39 Å². The number of methoxy groups -OCH3 is 1. The highest BCUT2D eigenvalue weighted by Gasteiger charge is 2.49. The predicted octanol–water partition coefficient (Wildman–Crippen LogP) is 3.86. The Hall–Kier alpha value is -4.09. The predicted molar refractivity (Wildman–Crippen MR) is 167 cm³/mol. The molecule has 0 spiro atoms. The Morgan fingerprint density at radius 2 is 1.82 bits per heavy atom. The van der Waals surface area contributed by atoms with Crippen LogP contribution in [-0.2, 0) is 22.6 Å². The van der Waals surface area contributed by atoms with Crippen molar-refractivity contribution in [3.8, 4) is 11.5 Å². The quantitative estimate of drug-likeness (QED) is 0.270. The smallest absolute Gasteiger partial charge is 0.254 e. The highest BCUT2D eigenvalue weighted by molar-refractivity contribution is 8.00. The number of carbonyl (C=O) groups excluding carboxylic acids is 3. The lowest BCUT2D eigenvalue weighted by molar-refractivity contribution is -0.147. The second-order valence-electron chi connectivity index (χ2n) is 11.4. The van der Waals surface area contributed by atoms with Crippen LogP contribution >= 0.6 is 11.8 Å². The molecule has 11 heteroatoms. The van der Waals surface area contributed by atoms with Crippen LogP contribution in [0.5, 0.6) is 11.5 Å². The number of carbonyl (C=O) groups is 3. The van der Waals surface area contributed by atoms with Gasteiger partial charge in [-0.2, -0.15) is 0 Å². The van der Waals surface area contributed by atoms with Crippen LogP contribution in [0, 0.1) is 19.7 Å². The minimum atomic E-state index is -1.70. The maximum Gasteiger partial charge on any atom is 0.254 e. The molecule has 1 fully saturated rings. The van der Waals surface area contributed by atoms with E-state index < -0.39 is 46.5 Å². The molecule has 3 aromatic carbocycles. The second-order valence-corrected chi connectivity index (χ2v) is 13.0. The van der Waals surface area contributed by atoms with Crippen molar-refractivity contribution in [1.29, 1.82) is 0 Å². The van der Waals surface area contributed by atoms with Crippen LogP contribution in [0.15, 0.2) is 60.7 Å². The van der Waals surface area contributed by atoms with E-state index in [1.54, 1.807) is 50.4 Å². The van der Waals surface area contributed by atoms with E-state index in [9.17, 15) is 29.0 Å². The Morgan fingerprint density at radius 1 is 1.11 bits per heavy atom. The number of phenolic OH excluding ortho intramolecular Hbond substituents is 1. The maximum atomic E-state index is 13.9. The Kier molecular flexibility index (Phi) is 10.2. The van der Waals surface area contributed by atoms with Gasteiger partial charge < -0.3 is 30.5 Å². The Balaban J connectivity index is 1.58. The third-order valence-electron chi connectivity index (χ3n) is 7.96. The van der Waals surface area contributed by atoms with Crippen LogP contribution in [0.25, 0.3) is 0 Å². The van der Waals surface area contributed by atoms with Gasteiger partial charge in [0.25, 0.3) is 11.8 Å². The summed E-state index contributed by atoms with van der Waals surface area (Å²) in [5, 5.41) is 27.2. The number of ether oxygens (including phenoxy) is 1. The number of aliphatic hydroxyl groups excluding tert-OH is 1. The molecular formula is C33H38FN3O6S. The molecule has 0 bridgehead atoms. The zero-order valence-electron chi connectivity index (χ0n) is 25.4. The Morgan fingerprint density at radius 3 is 2.50 bits per heavy atom. The van der Waals surface area contributed by atoms with Crippen LogP contribution in [0.1, 0.15) is 46.5 Å². The number of rotatable bonds is 10. The summed E-state index contributed by atoms with van der Waals surface area (Å²) >= 11 is 1.40. The number of aryl methyl sites for hydroxylation is 1. The first-order chi connectivity index (χ1) is 20.8. The second kappa shape index (κ2) is 13.7. The first-order valence-electron chi connectivity index (χ1n) is 14.2. The number of amides is 3. The van der Waals surface area contributed by atoms with Crippen molar-refractivity contribution in [2.75, 3.05) is 13.0 Å². The molecule has 0 radical (unpaired) electrons. The normalized spacial score (nSPS) is 17.1. The van der Waals surface area contributed by atoms with Gasteiger partial charge in [0.2, 0.25) is 5.91 Å². The molecule has 3 atom stereocenters. The number of hydrogen-bond acceptors (Lipinski definition) is 7. The molecule has 1 aliphatic rings. The summed E-state index contributed by atoms with van der Waals surface area (Å²) in [6.45, 7) is 7.18. The summed E-state index contributed by atoms with van der Waals surface area (Å²) in [7, 11) is 1.54. The van der Waals surface area contributed by atoms with Crippen molar-refractivity contribution in [2.45, 2.75) is 63.6 Å². The monoisotopic (exact) mass is 623 g/mol. The maximum absolute atomic E-state index is 13.9. The zero-order valence-corrected chi connectivity index (χ0v) is 26.2. The molecule has 234 valence electrons. The SMILES string of the molecule is COc1ccc(C[C@H](NC(=O)c2cccc(O)c2C)[C@H](O)C(=O)N2CSC(C)(C)[C@H]2C(=O)NCc2cc(F)ccc2C)cc1. The largest absolute Gasteiger partial charge is 0.508 e. The van der Waals surface area contributed by atoms with Crippen molar-refractivity contribution in [3.63, 3.8) is 0 Å². The van der Waals surface area contributed by atoms with E-state index in [0.717, 1.165) is 11.1 Å². The summed E-state index contributed by atoms with van der Waals surface area (Å²) in [6.07, 6.45) is -1.60. The van der Waals surface area contributed by atoms with Gasteiger partial charge in [0.1, 0.15) is 23.4 Å². The van der Waals surface area contributed by atoms with Gasteiger partial charge in [0.15, 0.2) is 6.10 Å². The van der Waals surface area contributed by atoms with Gasteiger partial charge in [-0.3, -0.25) is 14.4 Å². The molecule has 4 N–H and O–H groups in total. The van der Waals surface area contributed by atoms with Gasteiger partial charge in [-0.15, -0.1) is 11.8 Å². The van der Waals surface area contributed by atoms with Crippen LogP contribution < -0.4 is 15.4 Å². The molecule has 4 rings (SSSR count). The number of hydrogen-bond donors (Lipinski definition) is 4. The lowest BCUT2D eigenvalue weighted by atomic mass is 9.96.